The zero-order valence-corrected chi connectivity index (χ0v) is 11.8. The Hall–Kier alpha value is -3.14. The van der Waals surface area contributed by atoms with Crippen molar-refractivity contribution in [2.24, 2.45) is 0 Å². The second kappa shape index (κ2) is 6.10. The predicted octanol–water partition coefficient (Wildman–Crippen LogP) is 3.00. The van der Waals surface area contributed by atoms with E-state index in [0.717, 1.165) is 15.9 Å². The van der Waals surface area contributed by atoms with Gasteiger partial charge in [-0.15, -0.1) is 0 Å². The molecule has 1 heterocycles. The minimum Gasteiger partial charge on any atom is -0.619 e. The minimum atomic E-state index is 0.412. The number of pyridine rings is 1. The third-order valence-corrected chi connectivity index (χ3v) is 3.32. The average Bonchev–Trinajstić information content (AvgIpc) is 2.57. The molecule has 0 N–H and O–H groups in total. The number of benzene rings is 2. The van der Waals surface area contributed by atoms with Gasteiger partial charge in [-0.1, -0.05) is 36.4 Å². The lowest BCUT2D eigenvalue weighted by atomic mass is 10.0. The van der Waals surface area contributed by atoms with E-state index in [9.17, 15) is 10.4 Å². The minimum absolute atomic E-state index is 0.412. The highest BCUT2D eigenvalue weighted by molar-refractivity contribution is 6.10. The second-order valence-corrected chi connectivity index (χ2v) is 4.79. The summed E-state index contributed by atoms with van der Waals surface area (Å²) in [5, 5.41) is 24.0. The van der Waals surface area contributed by atoms with Gasteiger partial charge in [-0.25, -0.2) is 0 Å². The molecule has 1 aromatic heterocycles. The first-order chi connectivity index (χ1) is 10.8. The van der Waals surface area contributed by atoms with E-state index in [1.807, 2.05) is 60.7 Å². The smallest absolute Gasteiger partial charge is 0.231 e. The van der Waals surface area contributed by atoms with E-state index in [1.54, 1.807) is 0 Å². The maximum Gasteiger partial charge on any atom is 0.231 e. The van der Waals surface area contributed by atoms with Gasteiger partial charge in [0.25, 0.3) is 0 Å². The summed E-state index contributed by atoms with van der Waals surface area (Å²) in [5.74, 6) is 0. The standard InChI is InChI=1S/C18H14N2O2/c21-19-13-11-17(12-14-19)20(22)18(15-7-3-1-4-8-15)16-9-5-2-6-10-16/h1-14H. The maximum atomic E-state index is 12.8. The van der Waals surface area contributed by atoms with E-state index in [0.29, 0.717) is 16.1 Å². The van der Waals surface area contributed by atoms with Crippen molar-refractivity contribution in [1.29, 1.82) is 0 Å². The summed E-state index contributed by atoms with van der Waals surface area (Å²) in [6.07, 6.45) is 2.63. The van der Waals surface area contributed by atoms with Gasteiger partial charge in [0.2, 0.25) is 11.4 Å². The predicted molar refractivity (Wildman–Crippen MR) is 84.8 cm³/mol. The van der Waals surface area contributed by atoms with E-state index in [1.165, 1.54) is 24.5 Å². The first-order valence-electron chi connectivity index (χ1n) is 6.89. The topological polar surface area (TPSA) is 53.0 Å². The molecule has 0 atom stereocenters. The molecular formula is C18H14N2O2. The van der Waals surface area contributed by atoms with Gasteiger partial charge in [-0.3, -0.25) is 0 Å². The Balaban J connectivity index is 2.21. The van der Waals surface area contributed by atoms with E-state index in [-0.39, 0.29) is 0 Å². The van der Waals surface area contributed by atoms with Gasteiger partial charge in [0.1, 0.15) is 0 Å². The summed E-state index contributed by atoms with van der Waals surface area (Å²) in [6, 6.07) is 22.0. The Kier molecular flexibility index (Phi) is 3.83. The zero-order valence-electron chi connectivity index (χ0n) is 11.8. The molecule has 0 saturated heterocycles. The molecule has 4 nitrogen and oxygen atoms in total. The van der Waals surface area contributed by atoms with Gasteiger partial charge in [0, 0.05) is 11.1 Å². The molecule has 0 aliphatic rings. The normalized spacial score (nSPS) is 10.2. The summed E-state index contributed by atoms with van der Waals surface area (Å²) in [4.78, 5) is 0. The van der Waals surface area contributed by atoms with Crippen molar-refractivity contribution in [2.75, 3.05) is 0 Å². The van der Waals surface area contributed by atoms with Crippen molar-refractivity contribution in [3.63, 3.8) is 0 Å². The van der Waals surface area contributed by atoms with E-state index in [4.69, 9.17) is 0 Å². The molecule has 22 heavy (non-hydrogen) atoms. The fraction of sp³-hybridized carbons (Fsp3) is 0. The Bertz CT molecular complexity index is 741. The largest absolute Gasteiger partial charge is 0.619 e. The Morgan fingerprint density at radius 1 is 0.727 bits per heavy atom. The number of nitrogens with zero attached hydrogens (tertiary/aromatic N) is 2. The van der Waals surface area contributed by atoms with E-state index in [2.05, 4.69) is 0 Å². The van der Waals surface area contributed by atoms with Crippen LogP contribution in [0.2, 0.25) is 0 Å². The van der Waals surface area contributed by atoms with Crippen molar-refractivity contribution >= 4 is 11.4 Å². The van der Waals surface area contributed by atoms with Crippen molar-refractivity contribution in [3.05, 3.63) is 107 Å². The summed E-state index contributed by atoms with van der Waals surface area (Å²) >= 11 is 0. The third kappa shape index (κ3) is 2.81. The van der Waals surface area contributed by atoms with Crippen LogP contribution in [0.1, 0.15) is 11.1 Å². The molecular weight excluding hydrogens is 276 g/mol. The molecule has 108 valence electrons. The van der Waals surface area contributed by atoms with Crippen LogP contribution in [-0.2, 0) is 0 Å². The van der Waals surface area contributed by atoms with Crippen LogP contribution < -0.4 is 4.73 Å². The first kappa shape index (κ1) is 13.8. The molecule has 0 aliphatic heterocycles. The van der Waals surface area contributed by atoms with Crippen LogP contribution in [0.15, 0.2) is 85.2 Å². The van der Waals surface area contributed by atoms with Gasteiger partial charge in [0.15, 0.2) is 12.4 Å². The summed E-state index contributed by atoms with van der Waals surface area (Å²) in [7, 11) is 0. The molecule has 2 aromatic carbocycles. The Morgan fingerprint density at radius 3 is 1.64 bits per heavy atom. The SMILES string of the molecule is [O-][N+](=C(c1ccccc1)c1ccccc1)c1cc[n+]([O-])cc1. The highest BCUT2D eigenvalue weighted by Gasteiger charge is 2.17. The Labute approximate surface area is 128 Å². The Morgan fingerprint density at radius 2 is 1.18 bits per heavy atom. The van der Waals surface area contributed by atoms with Gasteiger partial charge in [0.05, 0.1) is 12.1 Å². The van der Waals surface area contributed by atoms with Crippen molar-refractivity contribution in [1.82, 2.24) is 0 Å². The molecule has 0 aliphatic carbocycles. The molecule has 0 spiro atoms. The van der Waals surface area contributed by atoms with Crippen LogP contribution in [0.25, 0.3) is 0 Å². The molecule has 0 amide bonds. The molecule has 0 radical (unpaired) electrons. The quantitative estimate of drug-likeness (QED) is 0.322. The van der Waals surface area contributed by atoms with Gasteiger partial charge in [-0.05, 0) is 24.3 Å². The molecule has 0 fully saturated rings. The lowest BCUT2D eigenvalue weighted by Crippen LogP contribution is -2.24. The van der Waals surface area contributed by atoms with Crippen LogP contribution in [-0.4, -0.2) is 10.5 Å². The van der Waals surface area contributed by atoms with Crippen molar-refractivity contribution in [3.8, 4) is 0 Å². The fourth-order valence-corrected chi connectivity index (χ4v) is 2.26. The number of hydrogen-bond acceptors (Lipinski definition) is 2. The van der Waals surface area contributed by atoms with Crippen LogP contribution in [0.5, 0.6) is 0 Å². The van der Waals surface area contributed by atoms with Crippen molar-refractivity contribution < 1.29 is 9.47 Å². The molecule has 4 heteroatoms. The van der Waals surface area contributed by atoms with Gasteiger partial charge in [-0.2, -0.15) is 9.47 Å². The summed E-state index contributed by atoms with van der Waals surface area (Å²) in [5.41, 5.74) is 2.60. The van der Waals surface area contributed by atoms with Gasteiger partial charge < -0.3 is 10.4 Å². The second-order valence-electron chi connectivity index (χ2n) is 4.79. The van der Waals surface area contributed by atoms with Crippen molar-refractivity contribution in [2.45, 2.75) is 0 Å². The molecule has 3 aromatic rings. The number of rotatable bonds is 3. The molecule has 0 bridgehead atoms. The highest BCUT2D eigenvalue weighted by Crippen LogP contribution is 2.16. The fourth-order valence-electron chi connectivity index (χ4n) is 2.26. The van der Waals surface area contributed by atoms with Crippen LogP contribution >= 0.6 is 0 Å². The van der Waals surface area contributed by atoms with Gasteiger partial charge >= 0.3 is 0 Å². The lowest BCUT2D eigenvalue weighted by molar-refractivity contribution is -0.606. The molecule has 0 unspecified atom stereocenters. The summed E-state index contributed by atoms with van der Waals surface area (Å²) in [6.45, 7) is 0. The molecule has 3 rings (SSSR count). The monoisotopic (exact) mass is 290 g/mol. The van der Waals surface area contributed by atoms with Crippen LogP contribution in [0.3, 0.4) is 0 Å². The summed E-state index contributed by atoms with van der Waals surface area (Å²) < 4.78 is 1.51. The van der Waals surface area contributed by atoms with E-state index >= 15 is 0 Å². The lowest BCUT2D eigenvalue weighted by Gasteiger charge is -2.11. The molecule has 0 saturated carbocycles. The maximum absolute atomic E-state index is 12.8. The number of hydrogen-bond donors (Lipinski definition) is 0. The third-order valence-electron chi connectivity index (χ3n) is 3.32. The van der Waals surface area contributed by atoms with Crippen LogP contribution in [0.4, 0.5) is 5.69 Å². The van der Waals surface area contributed by atoms with E-state index < -0.39 is 0 Å². The number of aromatic nitrogens is 1. The average molecular weight is 290 g/mol. The highest BCUT2D eigenvalue weighted by atomic mass is 16.5. The first-order valence-corrected chi connectivity index (χ1v) is 6.89. The van der Waals surface area contributed by atoms with Crippen LogP contribution in [0, 0.1) is 10.4 Å². The zero-order chi connectivity index (χ0) is 15.4.